The molecule has 1 saturated heterocycles. The number of nitrogens with zero attached hydrogens (tertiary/aromatic N) is 4. The molecule has 0 saturated carbocycles. The Kier molecular flexibility index (Phi) is 4.35. The summed E-state index contributed by atoms with van der Waals surface area (Å²) >= 11 is 0. The van der Waals surface area contributed by atoms with Crippen molar-refractivity contribution in [1.29, 1.82) is 0 Å². The van der Waals surface area contributed by atoms with E-state index in [0.29, 0.717) is 11.8 Å². The van der Waals surface area contributed by atoms with E-state index < -0.39 is 0 Å². The highest BCUT2D eigenvalue weighted by Gasteiger charge is 2.34. The number of allylic oxidation sites excluding steroid dienone is 1. The molecule has 2 aromatic heterocycles. The van der Waals surface area contributed by atoms with Gasteiger partial charge in [-0.25, -0.2) is 0 Å². The fraction of sp³-hybridized carbons (Fsp3) is 0.588. The molecule has 23 heavy (non-hydrogen) atoms. The Morgan fingerprint density at radius 3 is 2.83 bits per heavy atom. The summed E-state index contributed by atoms with van der Waals surface area (Å²) in [4.78, 5) is 0. The van der Waals surface area contributed by atoms with E-state index in [0.717, 1.165) is 25.1 Å². The number of hydrogen-bond acceptors (Lipinski definition) is 5. The lowest BCUT2D eigenvalue weighted by Gasteiger charge is -2.29. The van der Waals surface area contributed by atoms with Gasteiger partial charge in [0.2, 0.25) is 11.8 Å². The molecule has 0 bridgehead atoms. The molecule has 0 unspecified atom stereocenters. The van der Waals surface area contributed by atoms with Crippen LogP contribution in [0.25, 0.3) is 6.08 Å². The van der Waals surface area contributed by atoms with Gasteiger partial charge in [0.15, 0.2) is 0 Å². The molecule has 6 nitrogen and oxygen atoms in total. The van der Waals surface area contributed by atoms with Crippen molar-refractivity contribution in [3.63, 3.8) is 0 Å². The van der Waals surface area contributed by atoms with Gasteiger partial charge in [-0.05, 0) is 30.4 Å². The Morgan fingerprint density at radius 1 is 1.30 bits per heavy atom. The Labute approximate surface area is 136 Å². The molecule has 0 N–H and O–H groups in total. The summed E-state index contributed by atoms with van der Waals surface area (Å²) in [5, 5.41) is 12.6. The third kappa shape index (κ3) is 3.69. The quantitative estimate of drug-likeness (QED) is 0.867. The van der Waals surface area contributed by atoms with Crippen molar-refractivity contribution < 1.29 is 9.15 Å². The Hall–Kier alpha value is -1.95. The lowest BCUT2D eigenvalue weighted by Crippen LogP contribution is -2.23. The molecule has 2 aromatic rings. The third-order valence-corrected chi connectivity index (χ3v) is 3.97. The Bertz CT molecular complexity index is 681. The van der Waals surface area contributed by atoms with E-state index in [9.17, 15) is 0 Å². The van der Waals surface area contributed by atoms with Crippen LogP contribution < -0.4 is 0 Å². The summed E-state index contributed by atoms with van der Waals surface area (Å²) in [6.45, 7) is 7.15. The van der Waals surface area contributed by atoms with Crippen molar-refractivity contribution >= 4 is 6.08 Å². The van der Waals surface area contributed by atoms with Gasteiger partial charge in [0, 0.05) is 19.9 Å². The number of aromatic nitrogens is 4. The fourth-order valence-corrected chi connectivity index (χ4v) is 2.77. The van der Waals surface area contributed by atoms with Crippen LogP contribution in [0.4, 0.5) is 0 Å². The highest BCUT2D eigenvalue weighted by atomic mass is 16.5. The van der Waals surface area contributed by atoms with Crippen LogP contribution in [0, 0.1) is 5.41 Å². The molecule has 124 valence electrons. The van der Waals surface area contributed by atoms with Crippen LogP contribution in [0.1, 0.15) is 63.1 Å². The van der Waals surface area contributed by atoms with Gasteiger partial charge < -0.3 is 9.15 Å². The molecular formula is C17H24N4O2. The normalized spacial score (nSPS) is 22.8. The molecule has 3 heterocycles. The molecular weight excluding hydrogens is 292 g/mol. The zero-order chi connectivity index (χ0) is 16.4. The van der Waals surface area contributed by atoms with Gasteiger partial charge in [-0.1, -0.05) is 26.8 Å². The maximum atomic E-state index is 5.99. The minimum atomic E-state index is -0.0869. The van der Waals surface area contributed by atoms with E-state index in [2.05, 4.69) is 42.1 Å². The molecule has 1 aliphatic heterocycles. The standard InChI is InChI=1S/C17H24N4O2/c1-17(2,3)9-7-14-19-20-16(23-14)12-6-5-11-22-15(12)13-8-10-18-21(13)4/h7-10,12,15H,5-6,11H2,1-4H3/b9-7-/t12-,15-/m1/s1. The van der Waals surface area contributed by atoms with Crippen LogP contribution in [0.5, 0.6) is 0 Å². The van der Waals surface area contributed by atoms with Gasteiger partial charge in [0.25, 0.3) is 0 Å². The third-order valence-electron chi connectivity index (χ3n) is 3.97. The van der Waals surface area contributed by atoms with E-state index in [1.165, 1.54) is 0 Å². The number of hydrogen-bond donors (Lipinski definition) is 0. The monoisotopic (exact) mass is 316 g/mol. The van der Waals surface area contributed by atoms with Gasteiger partial charge >= 0.3 is 0 Å². The van der Waals surface area contributed by atoms with Crippen molar-refractivity contribution in [3.8, 4) is 0 Å². The van der Waals surface area contributed by atoms with Crippen LogP contribution in [0.3, 0.4) is 0 Å². The first-order chi connectivity index (χ1) is 10.9. The van der Waals surface area contributed by atoms with Crippen molar-refractivity contribution in [2.75, 3.05) is 6.61 Å². The van der Waals surface area contributed by atoms with Gasteiger partial charge in [-0.2, -0.15) is 5.10 Å². The van der Waals surface area contributed by atoms with E-state index in [1.54, 1.807) is 6.20 Å². The summed E-state index contributed by atoms with van der Waals surface area (Å²) in [5.74, 6) is 1.26. The van der Waals surface area contributed by atoms with Crippen LogP contribution in [-0.2, 0) is 11.8 Å². The molecule has 3 rings (SSSR count). The number of rotatable bonds is 3. The minimum Gasteiger partial charge on any atom is -0.421 e. The molecule has 1 aliphatic rings. The summed E-state index contributed by atoms with van der Waals surface area (Å²) in [5.41, 5.74) is 1.12. The van der Waals surface area contributed by atoms with E-state index in [1.807, 2.05) is 23.9 Å². The van der Waals surface area contributed by atoms with Gasteiger partial charge in [0.05, 0.1) is 11.6 Å². The summed E-state index contributed by atoms with van der Waals surface area (Å²) < 4.78 is 13.7. The van der Waals surface area contributed by atoms with Crippen molar-refractivity contribution in [2.24, 2.45) is 12.5 Å². The predicted molar refractivity (Wildman–Crippen MR) is 86.7 cm³/mol. The lowest BCUT2D eigenvalue weighted by atomic mass is 9.92. The Morgan fingerprint density at radius 2 is 2.13 bits per heavy atom. The highest BCUT2D eigenvalue weighted by molar-refractivity contribution is 5.38. The second-order valence-corrected chi connectivity index (χ2v) is 7.10. The summed E-state index contributed by atoms with van der Waals surface area (Å²) in [7, 11) is 1.93. The fourth-order valence-electron chi connectivity index (χ4n) is 2.77. The van der Waals surface area contributed by atoms with Crippen molar-refractivity contribution in [2.45, 2.75) is 45.6 Å². The van der Waals surface area contributed by atoms with Crippen molar-refractivity contribution in [3.05, 3.63) is 35.8 Å². The highest BCUT2D eigenvalue weighted by Crippen LogP contribution is 2.39. The van der Waals surface area contributed by atoms with Crippen molar-refractivity contribution in [1.82, 2.24) is 20.0 Å². The van der Waals surface area contributed by atoms with Gasteiger partial charge in [0.1, 0.15) is 6.10 Å². The largest absolute Gasteiger partial charge is 0.421 e. The number of aryl methyl sites for hydroxylation is 1. The average Bonchev–Trinajstić information content (AvgIpc) is 3.13. The van der Waals surface area contributed by atoms with E-state index in [-0.39, 0.29) is 17.4 Å². The maximum absolute atomic E-state index is 5.99. The first kappa shape index (κ1) is 15.9. The molecule has 6 heteroatoms. The predicted octanol–water partition coefficient (Wildman–Crippen LogP) is 3.50. The van der Waals surface area contributed by atoms with Crippen LogP contribution in [0.15, 0.2) is 22.8 Å². The van der Waals surface area contributed by atoms with Crippen LogP contribution in [0.2, 0.25) is 0 Å². The smallest absolute Gasteiger partial charge is 0.240 e. The van der Waals surface area contributed by atoms with Gasteiger partial charge in [-0.3, -0.25) is 4.68 Å². The zero-order valence-electron chi connectivity index (χ0n) is 14.2. The molecule has 0 amide bonds. The molecule has 1 fully saturated rings. The first-order valence-electron chi connectivity index (χ1n) is 8.06. The van der Waals surface area contributed by atoms with Crippen LogP contribution in [-0.4, -0.2) is 26.6 Å². The van der Waals surface area contributed by atoms with Crippen LogP contribution >= 0.6 is 0 Å². The number of ether oxygens (including phenoxy) is 1. The molecule has 0 aliphatic carbocycles. The lowest BCUT2D eigenvalue weighted by molar-refractivity contribution is -0.0137. The summed E-state index contributed by atoms with van der Waals surface area (Å²) in [6, 6.07) is 1.99. The zero-order valence-corrected chi connectivity index (χ0v) is 14.2. The minimum absolute atomic E-state index is 0.0726. The SMILES string of the molecule is Cn1nccc1[C@@H]1OCCC[C@H]1c1nnc(/C=C\C(C)(C)C)o1. The second-order valence-electron chi connectivity index (χ2n) is 7.10. The molecule has 2 atom stereocenters. The molecule has 0 radical (unpaired) electrons. The second kappa shape index (κ2) is 6.28. The summed E-state index contributed by atoms with van der Waals surface area (Å²) in [6.07, 6.45) is 7.63. The molecule has 0 spiro atoms. The molecule has 0 aromatic carbocycles. The van der Waals surface area contributed by atoms with E-state index >= 15 is 0 Å². The Balaban J connectivity index is 1.83. The average molecular weight is 316 g/mol. The maximum Gasteiger partial charge on any atom is 0.240 e. The van der Waals surface area contributed by atoms with E-state index in [4.69, 9.17) is 9.15 Å². The topological polar surface area (TPSA) is 66.0 Å². The first-order valence-corrected chi connectivity index (χ1v) is 8.06. The van der Waals surface area contributed by atoms with Gasteiger partial charge in [-0.15, -0.1) is 10.2 Å².